The molecule has 0 fully saturated rings. The lowest BCUT2D eigenvalue weighted by Crippen LogP contribution is -2.44. The Hall–Kier alpha value is -2.54. The Bertz CT molecular complexity index is 953. The van der Waals surface area contributed by atoms with E-state index in [4.69, 9.17) is 9.47 Å². The standard InChI is InChI=1S/C29H44N2O4S/c1-8-14-30(27(32)17-22(2)19-29(3,4)5)21-28(33)31(20-24-10-9-16-36-24)15-13-23-11-12-25(34-6)26(18-23)35-7/h9-12,16,18,22H,8,13-15,17,19-21H2,1-7H3. The second kappa shape index (κ2) is 14.3. The number of carbonyl (C=O) groups excluding carboxylic acids is 2. The summed E-state index contributed by atoms with van der Waals surface area (Å²) in [4.78, 5) is 31.4. The first-order valence-corrected chi connectivity index (χ1v) is 13.7. The van der Waals surface area contributed by atoms with Crippen molar-refractivity contribution in [1.29, 1.82) is 0 Å². The number of thiophene rings is 1. The maximum Gasteiger partial charge on any atom is 0.242 e. The van der Waals surface area contributed by atoms with Gasteiger partial charge in [0.2, 0.25) is 11.8 Å². The molecule has 0 aliphatic heterocycles. The number of nitrogens with zero attached hydrogens (tertiary/aromatic N) is 2. The molecule has 2 rings (SSSR count). The Morgan fingerprint density at radius 3 is 2.31 bits per heavy atom. The second-order valence-corrected chi connectivity index (χ2v) is 11.8. The normalized spacial score (nSPS) is 12.2. The van der Waals surface area contributed by atoms with Gasteiger partial charge in [-0.25, -0.2) is 0 Å². The Balaban J connectivity index is 2.12. The largest absolute Gasteiger partial charge is 0.493 e. The highest BCUT2D eigenvalue weighted by molar-refractivity contribution is 7.09. The van der Waals surface area contributed by atoms with Crippen molar-refractivity contribution in [1.82, 2.24) is 9.80 Å². The molecule has 1 aromatic heterocycles. The minimum Gasteiger partial charge on any atom is -0.493 e. The summed E-state index contributed by atoms with van der Waals surface area (Å²) in [5.74, 6) is 1.68. The van der Waals surface area contributed by atoms with Crippen LogP contribution in [0.4, 0.5) is 0 Å². The molecule has 0 saturated heterocycles. The van der Waals surface area contributed by atoms with Gasteiger partial charge in [-0.15, -0.1) is 11.3 Å². The van der Waals surface area contributed by atoms with E-state index < -0.39 is 0 Å². The van der Waals surface area contributed by atoms with Gasteiger partial charge in [-0.2, -0.15) is 0 Å². The minimum atomic E-state index is -0.0193. The molecular weight excluding hydrogens is 472 g/mol. The van der Waals surface area contributed by atoms with Gasteiger partial charge in [0.1, 0.15) is 0 Å². The van der Waals surface area contributed by atoms with E-state index in [2.05, 4.69) is 27.7 Å². The molecule has 0 saturated carbocycles. The lowest BCUT2D eigenvalue weighted by atomic mass is 9.84. The Morgan fingerprint density at radius 1 is 1.00 bits per heavy atom. The van der Waals surface area contributed by atoms with Gasteiger partial charge in [0.05, 0.1) is 27.3 Å². The summed E-state index contributed by atoms with van der Waals surface area (Å²) in [6.07, 6.45) is 2.95. The highest BCUT2D eigenvalue weighted by Gasteiger charge is 2.24. The summed E-state index contributed by atoms with van der Waals surface area (Å²) in [6.45, 7) is 12.6. The predicted octanol–water partition coefficient (Wildman–Crippen LogP) is 6.04. The van der Waals surface area contributed by atoms with Crippen LogP contribution < -0.4 is 9.47 Å². The third-order valence-electron chi connectivity index (χ3n) is 6.05. The van der Waals surface area contributed by atoms with Crippen LogP contribution in [-0.2, 0) is 22.6 Å². The zero-order valence-electron chi connectivity index (χ0n) is 23.1. The fourth-order valence-corrected chi connectivity index (χ4v) is 5.27. The van der Waals surface area contributed by atoms with Crippen molar-refractivity contribution in [2.75, 3.05) is 33.9 Å². The molecule has 0 aliphatic carbocycles. The average Bonchev–Trinajstić information content (AvgIpc) is 3.33. The summed E-state index contributed by atoms with van der Waals surface area (Å²) in [7, 11) is 3.24. The van der Waals surface area contributed by atoms with E-state index in [1.807, 2.05) is 47.5 Å². The number of carbonyl (C=O) groups is 2. The first kappa shape index (κ1) is 29.7. The Kier molecular flexibility index (Phi) is 11.8. The van der Waals surface area contributed by atoms with Crippen LogP contribution in [0.1, 0.15) is 64.3 Å². The summed E-state index contributed by atoms with van der Waals surface area (Å²) in [6, 6.07) is 9.89. The predicted molar refractivity (Wildman–Crippen MR) is 148 cm³/mol. The highest BCUT2D eigenvalue weighted by atomic mass is 32.1. The van der Waals surface area contributed by atoms with Gasteiger partial charge >= 0.3 is 0 Å². The Labute approximate surface area is 221 Å². The van der Waals surface area contributed by atoms with Crippen molar-refractivity contribution in [3.05, 3.63) is 46.2 Å². The number of hydrogen-bond acceptors (Lipinski definition) is 5. The monoisotopic (exact) mass is 516 g/mol. The lowest BCUT2D eigenvalue weighted by Gasteiger charge is -2.29. The molecule has 0 radical (unpaired) electrons. The molecule has 1 unspecified atom stereocenters. The maximum absolute atomic E-state index is 13.5. The molecule has 1 heterocycles. The molecule has 1 aromatic carbocycles. The van der Waals surface area contributed by atoms with Gasteiger partial charge < -0.3 is 19.3 Å². The second-order valence-electron chi connectivity index (χ2n) is 10.7. The SMILES string of the molecule is CCCN(CC(=O)N(CCc1ccc(OC)c(OC)c1)Cc1cccs1)C(=O)CC(C)CC(C)(C)C. The van der Waals surface area contributed by atoms with Gasteiger partial charge in [-0.3, -0.25) is 9.59 Å². The van der Waals surface area contributed by atoms with Crippen molar-refractivity contribution < 1.29 is 19.1 Å². The summed E-state index contributed by atoms with van der Waals surface area (Å²) >= 11 is 1.64. The molecule has 0 spiro atoms. The molecule has 36 heavy (non-hydrogen) atoms. The molecule has 1 atom stereocenters. The van der Waals surface area contributed by atoms with Crippen molar-refractivity contribution in [3.8, 4) is 11.5 Å². The van der Waals surface area contributed by atoms with Gasteiger partial charge in [0.15, 0.2) is 11.5 Å². The first-order chi connectivity index (χ1) is 17.1. The average molecular weight is 517 g/mol. The first-order valence-electron chi connectivity index (χ1n) is 12.8. The van der Waals surface area contributed by atoms with Gasteiger partial charge in [-0.1, -0.05) is 46.8 Å². The molecule has 2 aromatic rings. The van der Waals surface area contributed by atoms with Crippen molar-refractivity contribution in [3.63, 3.8) is 0 Å². The van der Waals surface area contributed by atoms with Crippen LogP contribution in [0.25, 0.3) is 0 Å². The van der Waals surface area contributed by atoms with Crippen LogP contribution in [0.3, 0.4) is 0 Å². The highest BCUT2D eigenvalue weighted by Crippen LogP contribution is 2.28. The van der Waals surface area contributed by atoms with E-state index in [1.165, 1.54) is 0 Å². The smallest absolute Gasteiger partial charge is 0.242 e. The van der Waals surface area contributed by atoms with Crippen molar-refractivity contribution >= 4 is 23.2 Å². The molecule has 0 aliphatic rings. The number of ether oxygens (including phenoxy) is 2. The maximum atomic E-state index is 13.5. The summed E-state index contributed by atoms with van der Waals surface area (Å²) in [5, 5.41) is 2.02. The van der Waals surface area contributed by atoms with Crippen LogP contribution in [0.2, 0.25) is 0 Å². The van der Waals surface area contributed by atoms with Crippen LogP contribution in [-0.4, -0.2) is 55.5 Å². The quantitative estimate of drug-likeness (QED) is 0.307. The number of rotatable bonds is 14. The fraction of sp³-hybridized carbons (Fsp3) is 0.586. The van der Waals surface area contributed by atoms with Crippen LogP contribution in [0.15, 0.2) is 35.7 Å². The number of methoxy groups -OCH3 is 2. The lowest BCUT2D eigenvalue weighted by molar-refractivity contribution is -0.141. The Morgan fingerprint density at radius 2 is 1.72 bits per heavy atom. The minimum absolute atomic E-state index is 0.0193. The summed E-state index contributed by atoms with van der Waals surface area (Å²) in [5.41, 5.74) is 1.24. The molecular formula is C29H44N2O4S. The topological polar surface area (TPSA) is 59.1 Å². The number of benzene rings is 1. The molecule has 0 bridgehead atoms. The van der Waals surface area contributed by atoms with E-state index in [9.17, 15) is 9.59 Å². The van der Waals surface area contributed by atoms with E-state index in [1.54, 1.807) is 30.5 Å². The zero-order valence-corrected chi connectivity index (χ0v) is 24.0. The molecule has 6 nitrogen and oxygen atoms in total. The van der Waals surface area contributed by atoms with E-state index >= 15 is 0 Å². The van der Waals surface area contributed by atoms with E-state index in [0.29, 0.717) is 44.0 Å². The fourth-order valence-electron chi connectivity index (χ4n) is 4.55. The molecule has 0 N–H and O–H groups in total. The van der Waals surface area contributed by atoms with Crippen LogP contribution in [0.5, 0.6) is 11.5 Å². The summed E-state index contributed by atoms with van der Waals surface area (Å²) < 4.78 is 10.8. The van der Waals surface area contributed by atoms with Crippen molar-refractivity contribution in [2.24, 2.45) is 11.3 Å². The molecule has 2 amide bonds. The van der Waals surface area contributed by atoms with Gasteiger partial charge in [0, 0.05) is 24.4 Å². The number of amides is 2. The van der Waals surface area contributed by atoms with Crippen LogP contribution in [0, 0.1) is 11.3 Å². The van der Waals surface area contributed by atoms with Crippen LogP contribution >= 0.6 is 11.3 Å². The third-order valence-corrected chi connectivity index (χ3v) is 6.92. The zero-order chi connectivity index (χ0) is 26.7. The third kappa shape index (κ3) is 9.84. The van der Waals surface area contributed by atoms with Crippen molar-refractivity contribution in [2.45, 2.75) is 66.8 Å². The number of hydrogen-bond donors (Lipinski definition) is 0. The van der Waals surface area contributed by atoms with E-state index in [-0.39, 0.29) is 29.7 Å². The molecule has 200 valence electrons. The van der Waals surface area contributed by atoms with Gasteiger partial charge in [0.25, 0.3) is 0 Å². The van der Waals surface area contributed by atoms with E-state index in [0.717, 1.165) is 23.3 Å². The van der Waals surface area contributed by atoms with Gasteiger partial charge in [-0.05, 0) is 59.7 Å². The molecule has 7 heteroatoms.